The van der Waals surface area contributed by atoms with Crippen LogP contribution in [0, 0.1) is 17.6 Å². The van der Waals surface area contributed by atoms with Crippen LogP contribution in [-0.4, -0.2) is 31.6 Å². The van der Waals surface area contributed by atoms with Gasteiger partial charge in [-0.25, -0.2) is 8.78 Å². The highest BCUT2D eigenvalue weighted by atomic mass is 19.1. The Balaban J connectivity index is 2.37. The lowest BCUT2D eigenvalue weighted by Crippen LogP contribution is -2.25. The Morgan fingerprint density at radius 1 is 1.28 bits per heavy atom. The number of benzene rings is 1. The first-order chi connectivity index (χ1) is 8.52. The summed E-state index contributed by atoms with van der Waals surface area (Å²) in [5.41, 5.74) is 5.99. The van der Waals surface area contributed by atoms with Crippen LogP contribution in [-0.2, 0) is 6.42 Å². The maximum atomic E-state index is 13.4. The molecule has 1 atom stereocenters. The molecule has 2 N–H and O–H groups in total. The lowest BCUT2D eigenvalue weighted by Gasteiger charge is -2.18. The molecule has 1 unspecified atom stereocenters. The first-order valence-corrected chi connectivity index (χ1v) is 6.35. The summed E-state index contributed by atoms with van der Waals surface area (Å²) in [5, 5.41) is 0. The van der Waals surface area contributed by atoms with E-state index >= 15 is 0 Å². The minimum absolute atomic E-state index is 0.333. The van der Waals surface area contributed by atoms with Crippen molar-refractivity contribution in [2.45, 2.75) is 19.8 Å². The summed E-state index contributed by atoms with van der Waals surface area (Å²) in [5.74, 6) is -0.218. The number of hydrogen-bond acceptors (Lipinski definition) is 2. The van der Waals surface area contributed by atoms with Gasteiger partial charge in [-0.3, -0.25) is 0 Å². The Morgan fingerprint density at radius 2 is 2.00 bits per heavy atom. The molecule has 0 saturated heterocycles. The van der Waals surface area contributed by atoms with Crippen molar-refractivity contribution in [3.8, 4) is 0 Å². The van der Waals surface area contributed by atoms with Gasteiger partial charge >= 0.3 is 0 Å². The van der Waals surface area contributed by atoms with Gasteiger partial charge in [0, 0.05) is 6.54 Å². The lowest BCUT2D eigenvalue weighted by molar-refractivity contribution is 0.309. The van der Waals surface area contributed by atoms with Gasteiger partial charge in [-0.15, -0.1) is 0 Å². The van der Waals surface area contributed by atoms with Gasteiger partial charge in [0.05, 0.1) is 0 Å². The molecule has 4 heteroatoms. The van der Waals surface area contributed by atoms with E-state index in [-0.39, 0.29) is 11.6 Å². The molecule has 0 saturated carbocycles. The zero-order valence-corrected chi connectivity index (χ0v) is 11.1. The topological polar surface area (TPSA) is 29.3 Å². The van der Waals surface area contributed by atoms with Crippen LogP contribution in [0.1, 0.15) is 18.9 Å². The first-order valence-electron chi connectivity index (χ1n) is 6.35. The van der Waals surface area contributed by atoms with Crippen molar-refractivity contribution in [2.75, 3.05) is 26.7 Å². The number of nitrogens with zero attached hydrogens (tertiary/aromatic N) is 1. The minimum atomic E-state index is -0.384. The fraction of sp³-hybridized carbons (Fsp3) is 0.571. The summed E-state index contributed by atoms with van der Waals surface area (Å²) >= 11 is 0. The standard InChI is InChI=1S/C14H22F2N2/c1-11(10-17)5-7-18(2)8-6-12-9-13(15)3-4-14(12)16/h3-4,9,11H,5-8,10,17H2,1-2H3. The molecule has 18 heavy (non-hydrogen) atoms. The molecule has 0 bridgehead atoms. The van der Waals surface area contributed by atoms with Crippen LogP contribution in [0.2, 0.25) is 0 Å². The van der Waals surface area contributed by atoms with Gasteiger partial charge in [0.15, 0.2) is 0 Å². The fourth-order valence-electron chi connectivity index (χ4n) is 1.72. The second-order valence-electron chi connectivity index (χ2n) is 4.92. The van der Waals surface area contributed by atoms with E-state index in [9.17, 15) is 8.78 Å². The number of hydrogen-bond donors (Lipinski definition) is 1. The molecular weight excluding hydrogens is 234 g/mol. The van der Waals surface area contributed by atoms with Gasteiger partial charge in [0.2, 0.25) is 0 Å². The van der Waals surface area contributed by atoms with Gasteiger partial charge in [0.1, 0.15) is 11.6 Å². The molecule has 1 aromatic rings. The highest BCUT2D eigenvalue weighted by molar-refractivity contribution is 5.18. The van der Waals surface area contributed by atoms with Gasteiger partial charge in [-0.1, -0.05) is 6.92 Å². The van der Waals surface area contributed by atoms with Crippen LogP contribution < -0.4 is 5.73 Å². The summed E-state index contributed by atoms with van der Waals surface area (Å²) in [7, 11) is 1.99. The molecule has 0 spiro atoms. The molecule has 1 rings (SSSR count). The average molecular weight is 256 g/mol. The smallest absolute Gasteiger partial charge is 0.126 e. The molecule has 0 aromatic heterocycles. The normalized spacial score (nSPS) is 13.0. The average Bonchev–Trinajstić information content (AvgIpc) is 2.36. The molecule has 102 valence electrons. The third kappa shape index (κ3) is 5.10. The first kappa shape index (κ1) is 15.1. The van der Waals surface area contributed by atoms with Gasteiger partial charge in [-0.2, -0.15) is 0 Å². The number of likely N-dealkylation sites (N-methyl/N-ethyl adjacent to an activating group) is 1. The molecule has 0 aliphatic heterocycles. The van der Waals surface area contributed by atoms with E-state index in [0.29, 0.717) is 24.4 Å². The van der Waals surface area contributed by atoms with E-state index in [1.165, 1.54) is 12.1 Å². The summed E-state index contributed by atoms with van der Waals surface area (Å²) in [6, 6.07) is 3.60. The Hall–Kier alpha value is -1.00. The second-order valence-corrected chi connectivity index (χ2v) is 4.92. The minimum Gasteiger partial charge on any atom is -0.330 e. The Morgan fingerprint density at radius 3 is 2.67 bits per heavy atom. The maximum Gasteiger partial charge on any atom is 0.126 e. The van der Waals surface area contributed by atoms with Crippen molar-refractivity contribution < 1.29 is 8.78 Å². The van der Waals surface area contributed by atoms with E-state index in [1.54, 1.807) is 0 Å². The third-order valence-corrected chi connectivity index (χ3v) is 3.18. The molecule has 0 aliphatic carbocycles. The predicted molar refractivity (Wildman–Crippen MR) is 70.4 cm³/mol. The zero-order chi connectivity index (χ0) is 13.5. The summed E-state index contributed by atoms with van der Waals surface area (Å²) in [6.07, 6.45) is 1.55. The highest BCUT2D eigenvalue weighted by Gasteiger charge is 2.07. The molecule has 2 nitrogen and oxygen atoms in total. The van der Waals surface area contributed by atoms with Crippen LogP contribution >= 0.6 is 0 Å². The quantitative estimate of drug-likeness (QED) is 0.812. The zero-order valence-electron chi connectivity index (χ0n) is 11.1. The van der Waals surface area contributed by atoms with Crippen LogP contribution in [0.3, 0.4) is 0 Å². The molecule has 0 heterocycles. The fourth-order valence-corrected chi connectivity index (χ4v) is 1.72. The largest absolute Gasteiger partial charge is 0.330 e. The van der Waals surface area contributed by atoms with Crippen molar-refractivity contribution in [1.29, 1.82) is 0 Å². The number of nitrogens with two attached hydrogens (primary N) is 1. The SMILES string of the molecule is CC(CN)CCN(C)CCc1cc(F)ccc1F. The van der Waals surface area contributed by atoms with Crippen LogP contribution in [0.5, 0.6) is 0 Å². The third-order valence-electron chi connectivity index (χ3n) is 3.18. The summed E-state index contributed by atoms with van der Waals surface area (Å²) in [4.78, 5) is 2.12. The second kappa shape index (κ2) is 7.44. The van der Waals surface area contributed by atoms with Crippen molar-refractivity contribution >= 4 is 0 Å². The van der Waals surface area contributed by atoms with E-state index in [4.69, 9.17) is 5.73 Å². The van der Waals surface area contributed by atoms with E-state index in [0.717, 1.165) is 25.6 Å². The molecule has 0 amide bonds. The molecule has 0 radical (unpaired) electrons. The molecule has 0 aliphatic rings. The van der Waals surface area contributed by atoms with Gasteiger partial charge in [0.25, 0.3) is 0 Å². The Labute approximate surface area is 108 Å². The highest BCUT2D eigenvalue weighted by Crippen LogP contribution is 2.11. The van der Waals surface area contributed by atoms with E-state index in [2.05, 4.69) is 11.8 Å². The van der Waals surface area contributed by atoms with Crippen molar-refractivity contribution in [2.24, 2.45) is 11.7 Å². The van der Waals surface area contributed by atoms with E-state index in [1.807, 2.05) is 7.05 Å². The molecule has 1 aromatic carbocycles. The number of halogens is 2. The summed E-state index contributed by atoms with van der Waals surface area (Å²) in [6.45, 7) is 4.44. The van der Waals surface area contributed by atoms with E-state index < -0.39 is 0 Å². The van der Waals surface area contributed by atoms with Crippen molar-refractivity contribution in [3.63, 3.8) is 0 Å². The van der Waals surface area contributed by atoms with Crippen LogP contribution in [0.25, 0.3) is 0 Å². The van der Waals surface area contributed by atoms with Crippen molar-refractivity contribution in [1.82, 2.24) is 4.90 Å². The number of rotatable bonds is 7. The van der Waals surface area contributed by atoms with Gasteiger partial charge < -0.3 is 10.6 Å². The Bertz CT molecular complexity index is 369. The van der Waals surface area contributed by atoms with Crippen LogP contribution in [0.15, 0.2) is 18.2 Å². The molecule has 0 fully saturated rings. The molecular formula is C14H22F2N2. The lowest BCUT2D eigenvalue weighted by atomic mass is 10.1. The van der Waals surface area contributed by atoms with Crippen LogP contribution in [0.4, 0.5) is 8.78 Å². The monoisotopic (exact) mass is 256 g/mol. The van der Waals surface area contributed by atoms with Gasteiger partial charge in [-0.05, 0) is 62.7 Å². The Kier molecular flexibility index (Phi) is 6.22. The predicted octanol–water partition coefficient (Wildman–Crippen LogP) is 2.42. The maximum absolute atomic E-state index is 13.4. The van der Waals surface area contributed by atoms with Crippen molar-refractivity contribution in [3.05, 3.63) is 35.4 Å². The summed E-state index contributed by atoms with van der Waals surface area (Å²) < 4.78 is 26.4.